The molecule has 1 amide bonds. The van der Waals surface area contributed by atoms with E-state index in [1.54, 1.807) is 0 Å². The van der Waals surface area contributed by atoms with Gasteiger partial charge in [-0.25, -0.2) is 0 Å². The molecule has 0 heterocycles. The largest absolute Gasteiger partial charge is 0.394 e. The molecule has 0 radical (unpaired) electrons. The third-order valence-electron chi connectivity index (χ3n) is 2.74. The number of hydrogen-bond donors (Lipinski definition) is 1. The van der Waals surface area contributed by atoms with Crippen LogP contribution in [0.25, 0.3) is 0 Å². The topological polar surface area (TPSA) is 49.8 Å². The molecule has 0 unspecified atom stereocenters. The molecule has 0 saturated carbocycles. The molecule has 0 saturated heterocycles. The van der Waals surface area contributed by atoms with Gasteiger partial charge in [0.1, 0.15) is 0 Å². The number of carbonyl (C=O) groups is 1. The molecular formula is C14H29NO3. The first-order valence-corrected chi connectivity index (χ1v) is 6.76. The second-order valence-electron chi connectivity index (χ2n) is 6.08. The average Bonchev–Trinajstić information content (AvgIpc) is 2.24. The Morgan fingerprint density at radius 3 is 2.33 bits per heavy atom. The van der Waals surface area contributed by atoms with E-state index >= 15 is 0 Å². The van der Waals surface area contributed by atoms with E-state index in [4.69, 9.17) is 9.84 Å². The minimum Gasteiger partial charge on any atom is -0.394 e. The van der Waals surface area contributed by atoms with Crippen molar-refractivity contribution in [1.82, 2.24) is 4.90 Å². The molecule has 4 nitrogen and oxygen atoms in total. The molecule has 0 aromatic heterocycles. The highest BCUT2D eigenvalue weighted by atomic mass is 16.5. The summed E-state index contributed by atoms with van der Waals surface area (Å²) in [5, 5.41) is 8.62. The number of aliphatic hydroxyl groups is 1. The third kappa shape index (κ3) is 8.48. The molecule has 0 aliphatic heterocycles. The zero-order valence-electron chi connectivity index (χ0n) is 12.5. The smallest absolute Gasteiger partial charge is 0.222 e. The SMILES string of the molecule is CC(C)N(CCOCCO)C(=O)CCC(C)(C)C. The van der Waals surface area contributed by atoms with Gasteiger partial charge < -0.3 is 14.7 Å². The monoisotopic (exact) mass is 259 g/mol. The molecule has 0 rings (SSSR count). The molecule has 0 atom stereocenters. The second kappa shape index (κ2) is 8.48. The number of ether oxygens (including phenoxy) is 1. The number of nitrogens with zero attached hydrogens (tertiary/aromatic N) is 1. The molecular weight excluding hydrogens is 230 g/mol. The van der Waals surface area contributed by atoms with E-state index in [1.165, 1.54) is 0 Å². The molecule has 0 aromatic carbocycles. The number of carbonyl (C=O) groups excluding carboxylic acids is 1. The maximum atomic E-state index is 12.1. The van der Waals surface area contributed by atoms with Crippen LogP contribution in [0.1, 0.15) is 47.5 Å². The summed E-state index contributed by atoms with van der Waals surface area (Å²) in [7, 11) is 0. The molecule has 4 heteroatoms. The Balaban J connectivity index is 4.11. The van der Waals surface area contributed by atoms with Gasteiger partial charge in [0.15, 0.2) is 0 Å². The lowest BCUT2D eigenvalue weighted by atomic mass is 9.90. The predicted octanol–water partition coefficient (Wildman–Crippen LogP) is 2.06. The third-order valence-corrected chi connectivity index (χ3v) is 2.74. The van der Waals surface area contributed by atoms with Crippen LogP contribution >= 0.6 is 0 Å². The molecule has 0 spiro atoms. The molecule has 1 N–H and O–H groups in total. The van der Waals surface area contributed by atoms with Crippen molar-refractivity contribution in [3.63, 3.8) is 0 Å². The Bertz CT molecular complexity index is 234. The Kier molecular flexibility index (Phi) is 8.20. The van der Waals surface area contributed by atoms with Gasteiger partial charge in [0, 0.05) is 19.0 Å². The summed E-state index contributed by atoms with van der Waals surface area (Å²) in [6, 6.07) is 0.190. The predicted molar refractivity (Wildman–Crippen MR) is 73.4 cm³/mol. The fourth-order valence-corrected chi connectivity index (χ4v) is 1.63. The van der Waals surface area contributed by atoms with Crippen molar-refractivity contribution in [2.45, 2.75) is 53.5 Å². The molecule has 0 aromatic rings. The van der Waals surface area contributed by atoms with Crippen LogP contribution < -0.4 is 0 Å². The van der Waals surface area contributed by atoms with E-state index in [0.29, 0.717) is 26.2 Å². The lowest BCUT2D eigenvalue weighted by Gasteiger charge is -2.28. The van der Waals surface area contributed by atoms with Crippen LogP contribution in [0.4, 0.5) is 0 Å². The van der Waals surface area contributed by atoms with E-state index in [1.807, 2.05) is 18.7 Å². The molecule has 0 aliphatic carbocycles. The van der Waals surface area contributed by atoms with Crippen molar-refractivity contribution in [3.8, 4) is 0 Å². The lowest BCUT2D eigenvalue weighted by Crippen LogP contribution is -2.39. The number of rotatable bonds is 8. The van der Waals surface area contributed by atoms with E-state index in [0.717, 1.165) is 6.42 Å². The highest BCUT2D eigenvalue weighted by Gasteiger charge is 2.19. The summed E-state index contributed by atoms with van der Waals surface area (Å²) in [5.74, 6) is 0.188. The van der Waals surface area contributed by atoms with Gasteiger partial charge in [-0.05, 0) is 25.7 Å². The lowest BCUT2D eigenvalue weighted by molar-refractivity contribution is -0.134. The molecule has 0 bridgehead atoms. The maximum Gasteiger partial charge on any atom is 0.222 e. The van der Waals surface area contributed by atoms with Crippen LogP contribution in [0.2, 0.25) is 0 Å². The summed E-state index contributed by atoms with van der Waals surface area (Å²) in [5.41, 5.74) is 0.186. The van der Waals surface area contributed by atoms with E-state index in [2.05, 4.69) is 20.8 Å². The summed E-state index contributed by atoms with van der Waals surface area (Å²) in [4.78, 5) is 14.0. The van der Waals surface area contributed by atoms with Gasteiger partial charge in [-0.1, -0.05) is 20.8 Å². The van der Waals surface area contributed by atoms with Gasteiger partial charge in [-0.3, -0.25) is 4.79 Å². The van der Waals surface area contributed by atoms with Gasteiger partial charge in [0.25, 0.3) is 0 Å². The zero-order valence-corrected chi connectivity index (χ0v) is 12.5. The van der Waals surface area contributed by atoms with Gasteiger partial charge in [-0.2, -0.15) is 0 Å². The Hall–Kier alpha value is -0.610. The number of hydrogen-bond acceptors (Lipinski definition) is 3. The molecule has 18 heavy (non-hydrogen) atoms. The molecule has 0 fully saturated rings. The van der Waals surface area contributed by atoms with Crippen LogP contribution in [-0.4, -0.2) is 48.3 Å². The fourth-order valence-electron chi connectivity index (χ4n) is 1.63. The summed E-state index contributed by atoms with van der Waals surface area (Å²) in [6.45, 7) is 11.9. The molecule has 108 valence electrons. The van der Waals surface area contributed by atoms with Crippen LogP contribution in [0.5, 0.6) is 0 Å². The van der Waals surface area contributed by atoms with Gasteiger partial charge in [0.2, 0.25) is 5.91 Å². The van der Waals surface area contributed by atoms with Gasteiger partial charge >= 0.3 is 0 Å². The van der Waals surface area contributed by atoms with Crippen molar-refractivity contribution in [1.29, 1.82) is 0 Å². The number of aliphatic hydroxyl groups excluding tert-OH is 1. The summed E-state index contributed by atoms with van der Waals surface area (Å²) < 4.78 is 5.22. The van der Waals surface area contributed by atoms with Crippen LogP contribution in [0, 0.1) is 5.41 Å². The first-order chi connectivity index (χ1) is 8.28. The first kappa shape index (κ1) is 17.4. The van der Waals surface area contributed by atoms with Gasteiger partial charge in [-0.15, -0.1) is 0 Å². The van der Waals surface area contributed by atoms with E-state index < -0.39 is 0 Å². The fraction of sp³-hybridized carbons (Fsp3) is 0.929. The highest BCUT2D eigenvalue weighted by molar-refractivity contribution is 5.76. The first-order valence-electron chi connectivity index (χ1n) is 6.76. The Labute approximate surface area is 111 Å². The summed E-state index contributed by atoms with van der Waals surface area (Å²) in [6.07, 6.45) is 1.48. The van der Waals surface area contributed by atoms with Crippen LogP contribution in [-0.2, 0) is 9.53 Å². The normalized spacial score (nSPS) is 11.9. The van der Waals surface area contributed by atoms with Crippen LogP contribution in [0.3, 0.4) is 0 Å². The van der Waals surface area contributed by atoms with Crippen molar-refractivity contribution < 1.29 is 14.6 Å². The van der Waals surface area contributed by atoms with E-state index in [9.17, 15) is 4.79 Å². The van der Waals surface area contributed by atoms with E-state index in [-0.39, 0.29) is 24.0 Å². The quantitative estimate of drug-likeness (QED) is 0.679. The van der Waals surface area contributed by atoms with Gasteiger partial charge in [0.05, 0.1) is 19.8 Å². The minimum absolute atomic E-state index is 0.0274. The average molecular weight is 259 g/mol. The van der Waals surface area contributed by atoms with Crippen molar-refractivity contribution in [2.75, 3.05) is 26.4 Å². The second-order valence-corrected chi connectivity index (χ2v) is 6.08. The number of amides is 1. The zero-order chi connectivity index (χ0) is 14.2. The minimum atomic E-state index is 0.0274. The Morgan fingerprint density at radius 1 is 1.28 bits per heavy atom. The Morgan fingerprint density at radius 2 is 1.89 bits per heavy atom. The summed E-state index contributed by atoms with van der Waals surface area (Å²) >= 11 is 0. The molecule has 0 aliphatic rings. The highest BCUT2D eigenvalue weighted by Crippen LogP contribution is 2.21. The van der Waals surface area contributed by atoms with Crippen molar-refractivity contribution >= 4 is 5.91 Å². The standard InChI is InChI=1S/C14H29NO3/c1-12(2)15(8-10-18-11-9-16)13(17)6-7-14(3,4)5/h12,16H,6-11H2,1-5H3. The van der Waals surface area contributed by atoms with Crippen molar-refractivity contribution in [2.24, 2.45) is 5.41 Å². The van der Waals surface area contributed by atoms with Crippen molar-refractivity contribution in [3.05, 3.63) is 0 Å². The van der Waals surface area contributed by atoms with Crippen LogP contribution in [0.15, 0.2) is 0 Å². The maximum absolute atomic E-state index is 12.1.